The number of benzene rings is 2. The highest BCUT2D eigenvalue weighted by atomic mass is 32.1. The number of nitrogens with zero attached hydrogens (tertiary/aromatic N) is 4. The van der Waals surface area contributed by atoms with Crippen LogP contribution in [0.25, 0.3) is 10.6 Å². The first-order valence-electron chi connectivity index (χ1n) is 12.8. The van der Waals surface area contributed by atoms with E-state index in [4.69, 9.17) is 4.42 Å². The lowest BCUT2D eigenvalue weighted by Crippen LogP contribution is -2.44. The topological polar surface area (TPSA) is 90.1 Å². The molecule has 8 nitrogen and oxygen atoms in total. The van der Waals surface area contributed by atoms with Crippen molar-refractivity contribution < 1.29 is 19.1 Å². The van der Waals surface area contributed by atoms with Gasteiger partial charge in [0, 0.05) is 43.1 Å². The van der Waals surface area contributed by atoms with Gasteiger partial charge in [0.15, 0.2) is 5.76 Å². The van der Waals surface area contributed by atoms with Gasteiger partial charge in [-0.05, 0) is 50.4 Å². The van der Waals surface area contributed by atoms with E-state index in [1.807, 2.05) is 54.6 Å². The molecular formula is C30H28N4O4S. The molecule has 1 saturated heterocycles. The molecule has 6 rings (SSSR count). The van der Waals surface area contributed by atoms with Gasteiger partial charge in [-0.15, -0.1) is 11.3 Å². The second-order valence-corrected chi connectivity index (χ2v) is 10.8. The quantitative estimate of drug-likeness (QED) is 0.334. The summed E-state index contributed by atoms with van der Waals surface area (Å²) in [5.74, 6) is -1.25. The molecule has 2 aromatic heterocycles. The zero-order valence-corrected chi connectivity index (χ0v) is 22.5. The Morgan fingerprint density at radius 1 is 0.974 bits per heavy atom. The van der Waals surface area contributed by atoms with Crippen LogP contribution in [0, 0.1) is 6.92 Å². The third-order valence-corrected chi connectivity index (χ3v) is 8.49. The van der Waals surface area contributed by atoms with Gasteiger partial charge in [0.1, 0.15) is 16.8 Å². The van der Waals surface area contributed by atoms with Gasteiger partial charge in [-0.3, -0.25) is 14.5 Å². The molecule has 0 spiro atoms. The molecule has 1 atom stereocenters. The molecule has 1 N–H and O–H groups in total. The van der Waals surface area contributed by atoms with Crippen molar-refractivity contribution in [2.45, 2.75) is 13.0 Å². The van der Waals surface area contributed by atoms with Gasteiger partial charge in [0.05, 0.1) is 22.4 Å². The maximum atomic E-state index is 14.0. The zero-order chi connectivity index (χ0) is 27.1. The number of ketones is 1. The third-order valence-electron chi connectivity index (χ3n) is 7.29. The smallest absolute Gasteiger partial charge is 0.294 e. The number of aryl methyl sites for hydroxylation is 1. The summed E-state index contributed by atoms with van der Waals surface area (Å²) in [7, 11) is 2.11. The second kappa shape index (κ2) is 10.2. The number of aliphatic hydroxyl groups is 1. The van der Waals surface area contributed by atoms with Crippen LogP contribution < -0.4 is 9.80 Å². The Kier molecular flexibility index (Phi) is 6.54. The summed E-state index contributed by atoms with van der Waals surface area (Å²) in [5, 5.41) is 11.8. The van der Waals surface area contributed by atoms with Crippen LogP contribution >= 0.6 is 11.3 Å². The number of anilines is 2. The first-order chi connectivity index (χ1) is 18.9. The predicted molar refractivity (Wildman–Crippen MR) is 151 cm³/mol. The average molecular weight is 541 g/mol. The van der Waals surface area contributed by atoms with E-state index in [2.05, 4.69) is 21.8 Å². The fourth-order valence-electron chi connectivity index (χ4n) is 5.14. The fraction of sp³-hybridized carbons (Fsp3) is 0.233. The lowest BCUT2D eigenvalue weighted by Gasteiger charge is -2.34. The van der Waals surface area contributed by atoms with E-state index in [1.54, 1.807) is 19.1 Å². The molecular weight excluding hydrogens is 512 g/mol. The van der Waals surface area contributed by atoms with E-state index in [-0.39, 0.29) is 5.57 Å². The van der Waals surface area contributed by atoms with Crippen LogP contribution in [-0.4, -0.2) is 59.9 Å². The minimum Gasteiger partial charge on any atom is -0.503 e. The van der Waals surface area contributed by atoms with Crippen LogP contribution in [0.5, 0.6) is 0 Å². The van der Waals surface area contributed by atoms with Crippen molar-refractivity contribution in [3.05, 3.63) is 101 Å². The first kappa shape index (κ1) is 25.1. The Labute approximate surface area is 230 Å². The van der Waals surface area contributed by atoms with E-state index in [0.717, 1.165) is 37.4 Å². The number of hydrogen-bond acceptors (Lipinski definition) is 8. The largest absolute Gasteiger partial charge is 0.503 e. The molecule has 9 heteroatoms. The van der Waals surface area contributed by atoms with E-state index >= 15 is 0 Å². The molecule has 0 saturated carbocycles. The minimum absolute atomic E-state index is 0.00976. The van der Waals surface area contributed by atoms with Gasteiger partial charge < -0.3 is 19.3 Å². The van der Waals surface area contributed by atoms with Crippen LogP contribution in [0.4, 0.5) is 11.4 Å². The summed E-state index contributed by atoms with van der Waals surface area (Å²) in [6.07, 6.45) is 1.50. The summed E-state index contributed by atoms with van der Waals surface area (Å²) >= 11 is 1.25. The number of hydrogen-bond donors (Lipinski definition) is 1. The number of Topliss-reactive ketones (excluding diaryl/α,β-unsaturated/α-hetero) is 1. The Bertz CT molecular complexity index is 1540. The fourth-order valence-corrected chi connectivity index (χ4v) is 6.17. The molecule has 0 aliphatic carbocycles. The minimum atomic E-state index is -0.906. The molecule has 4 aromatic rings. The predicted octanol–water partition coefficient (Wildman–Crippen LogP) is 5.25. The number of carbonyl (C=O) groups is 2. The summed E-state index contributed by atoms with van der Waals surface area (Å²) < 4.78 is 5.70. The third kappa shape index (κ3) is 4.53. The number of rotatable bonds is 6. The molecule has 1 amide bonds. The number of aliphatic hydroxyl groups excluding tert-OH is 1. The van der Waals surface area contributed by atoms with Gasteiger partial charge in [-0.2, -0.15) is 0 Å². The Morgan fingerprint density at radius 3 is 2.33 bits per heavy atom. The molecule has 1 unspecified atom stereocenters. The number of furan rings is 1. The van der Waals surface area contributed by atoms with Crippen LogP contribution in [0.3, 0.4) is 0 Å². The van der Waals surface area contributed by atoms with Crippen molar-refractivity contribution in [2.75, 3.05) is 43.0 Å². The highest BCUT2D eigenvalue weighted by Crippen LogP contribution is 2.43. The van der Waals surface area contributed by atoms with Crippen LogP contribution in [0.1, 0.15) is 27.2 Å². The van der Waals surface area contributed by atoms with Crippen LogP contribution in [-0.2, 0) is 4.79 Å². The Balaban J connectivity index is 1.35. The van der Waals surface area contributed by atoms with Crippen LogP contribution in [0.15, 0.2) is 88.7 Å². The lowest BCUT2D eigenvalue weighted by atomic mass is 9.99. The van der Waals surface area contributed by atoms with Crippen molar-refractivity contribution in [1.29, 1.82) is 0 Å². The Hall–Kier alpha value is -4.21. The maximum absolute atomic E-state index is 14.0. The Morgan fingerprint density at radius 2 is 1.67 bits per heavy atom. The molecule has 2 aliphatic heterocycles. The van der Waals surface area contributed by atoms with E-state index in [0.29, 0.717) is 27.0 Å². The standard InChI is InChI=1S/C30H28N4O4S/c1-19-28(39-29(31-19)20-7-4-3-5-8-20)26(35)24-25(23-9-6-18-38-23)34(30(37)27(24)36)22-12-10-21(11-13-22)33-16-14-32(2)15-17-33/h3-13,18,25,36H,14-17H2,1-2H3. The van der Waals surface area contributed by atoms with E-state index < -0.39 is 23.5 Å². The number of thiazole rings is 1. The summed E-state index contributed by atoms with van der Waals surface area (Å²) in [6, 6.07) is 19.8. The molecule has 0 radical (unpaired) electrons. The molecule has 2 aromatic carbocycles. The normalized spacial score (nSPS) is 18.3. The average Bonchev–Trinajstić information content (AvgIpc) is 3.69. The highest BCUT2D eigenvalue weighted by molar-refractivity contribution is 7.17. The molecule has 198 valence electrons. The highest BCUT2D eigenvalue weighted by Gasteiger charge is 2.46. The van der Waals surface area contributed by atoms with Crippen molar-refractivity contribution >= 4 is 34.4 Å². The number of likely N-dealkylation sites (N-methyl/N-ethyl adjacent to an activating group) is 1. The van der Waals surface area contributed by atoms with Crippen molar-refractivity contribution in [2.24, 2.45) is 0 Å². The van der Waals surface area contributed by atoms with Crippen molar-refractivity contribution in [3.63, 3.8) is 0 Å². The van der Waals surface area contributed by atoms with Gasteiger partial charge in [0.2, 0.25) is 5.78 Å². The van der Waals surface area contributed by atoms with Crippen molar-refractivity contribution in [1.82, 2.24) is 9.88 Å². The van der Waals surface area contributed by atoms with E-state index in [1.165, 1.54) is 22.5 Å². The number of aromatic nitrogens is 1. The number of amides is 1. The number of piperazine rings is 1. The lowest BCUT2D eigenvalue weighted by molar-refractivity contribution is -0.117. The SMILES string of the molecule is Cc1nc(-c2ccccc2)sc1C(=O)C1=C(O)C(=O)N(c2ccc(N3CCN(C)CC3)cc2)C1c1ccco1. The first-order valence-corrected chi connectivity index (χ1v) is 13.6. The van der Waals surface area contributed by atoms with Gasteiger partial charge in [-0.1, -0.05) is 30.3 Å². The molecule has 4 heterocycles. The molecule has 2 aliphatic rings. The van der Waals surface area contributed by atoms with Crippen molar-refractivity contribution in [3.8, 4) is 10.6 Å². The second-order valence-electron chi connectivity index (χ2n) is 9.79. The van der Waals surface area contributed by atoms with Gasteiger partial charge >= 0.3 is 0 Å². The van der Waals surface area contributed by atoms with Gasteiger partial charge in [-0.25, -0.2) is 4.98 Å². The zero-order valence-electron chi connectivity index (χ0n) is 21.7. The molecule has 1 fully saturated rings. The summed E-state index contributed by atoms with van der Waals surface area (Å²) in [4.78, 5) is 38.5. The molecule has 0 bridgehead atoms. The van der Waals surface area contributed by atoms with Gasteiger partial charge in [0.25, 0.3) is 5.91 Å². The van der Waals surface area contributed by atoms with E-state index in [9.17, 15) is 14.7 Å². The summed E-state index contributed by atoms with van der Waals surface area (Å²) in [5.41, 5.74) is 3.07. The van der Waals surface area contributed by atoms with Crippen LogP contribution in [0.2, 0.25) is 0 Å². The monoisotopic (exact) mass is 540 g/mol. The summed E-state index contributed by atoms with van der Waals surface area (Å²) in [6.45, 7) is 5.58. The maximum Gasteiger partial charge on any atom is 0.294 e. The number of carbonyl (C=O) groups excluding carboxylic acids is 2. The molecule has 39 heavy (non-hydrogen) atoms.